The molecule has 0 N–H and O–H groups in total. The van der Waals surface area contributed by atoms with Crippen LogP contribution < -0.4 is 4.74 Å². The number of aromatic nitrogens is 1. The van der Waals surface area contributed by atoms with Gasteiger partial charge in [-0.05, 0) is 61.6 Å². The van der Waals surface area contributed by atoms with Crippen LogP contribution in [0.2, 0.25) is 0 Å². The number of nitrogens with zero attached hydrogens (tertiary/aromatic N) is 1. The van der Waals surface area contributed by atoms with E-state index < -0.39 is 6.17 Å². The lowest BCUT2D eigenvalue weighted by atomic mass is 10.1. The minimum absolute atomic E-state index is 0.571. The molecule has 0 aliphatic heterocycles. The first-order chi connectivity index (χ1) is 12.2. The van der Waals surface area contributed by atoms with Crippen LogP contribution in [0.25, 0.3) is 11.3 Å². The second-order valence-corrected chi connectivity index (χ2v) is 6.53. The Kier molecular flexibility index (Phi) is 8.44. The van der Waals surface area contributed by atoms with Crippen LogP contribution in [-0.4, -0.2) is 17.8 Å². The number of benzene rings is 1. The van der Waals surface area contributed by atoms with Gasteiger partial charge in [0.15, 0.2) is 0 Å². The number of aryl methyl sites for hydroxylation is 1. The highest BCUT2D eigenvalue weighted by Crippen LogP contribution is 2.21. The summed E-state index contributed by atoms with van der Waals surface area (Å²) in [4.78, 5) is 4.52. The van der Waals surface area contributed by atoms with Gasteiger partial charge in [0.2, 0.25) is 0 Å². The molecule has 3 heteroatoms. The van der Waals surface area contributed by atoms with E-state index in [1.165, 1.54) is 19.3 Å². The highest BCUT2D eigenvalue weighted by atomic mass is 19.1. The molecule has 0 spiro atoms. The normalized spacial score (nSPS) is 12.1. The molecule has 0 aliphatic carbocycles. The summed E-state index contributed by atoms with van der Waals surface area (Å²) in [5, 5.41) is 0. The number of pyridine rings is 1. The molecule has 0 bridgehead atoms. The van der Waals surface area contributed by atoms with Gasteiger partial charge in [0.1, 0.15) is 11.9 Å². The highest BCUT2D eigenvalue weighted by molar-refractivity contribution is 5.60. The van der Waals surface area contributed by atoms with Crippen LogP contribution in [0, 0.1) is 0 Å². The van der Waals surface area contributed by atoms with E-state index in [-0.39, 0.29) is 0 Å². The first-order valence-corrected chi connectivity index (χ1v) is 9.55. The quantitative estimate of drug-likeness (QED) is 0.441. The van der Waals surface area contributed by atoms with E-state index in [2.05, 4.69) is 11.9 Å². The number of unbranched alkanes of at least 4 members (excludes halogenated alkanes) is 3. The van der Waals surface area contributed by atoms with Crippen molar-refractivity contribution in [2.24, 2.45) is 0 Å². The van der Waals surface area contributed by atoms with Crippen LogP contribution in [0.4, 0.5) is 4.39 Å². The molecule has 0 aliphatic rings. The maximum absolute atomic E-state index is 13.3. The average molecular weight is 343 g/mol. The smallest absolute Gasteiger partial charge is 0.119 e. The zero-order chi connectivity index (χ0) is 17.9. The summed E-state index contributed by atoms with van der Waals surface area (Å²) in [6.45, 7) is 4.87. The highest BCUT2D eigenvalue weighted by Gasteiger charge is 2.05. The lowest BCUT2D eigenvalue weighted by molar-refractivity contribution is 0.305. The van der Waals surface area contributed by atoms with Crippen LogP contribution in [0.15, 0.2) is 42.6 Å². The maximum Gasteiger partial charge on any atom is 0.119 e. The second kappa shape index (κ2) is 10.9. The summed E-state index contributed by atoms with van der Waals surface area (Å²) in [5.41, 5.74) is 3.10. The van der Waals surface area contributed by atoms with E-state index in [4.69, 9.17) is 4.74 Å². The van der Waals surface area contributed by atoms with E-state index in [1.807, 2.05) is 49.5 Å². The van der Waals surface area contributed by atoms with Gasteiger partial charge in [-0.2, -0.15) is 0 Å². The number of alkyl halides is 1. The molecule has 2 nitrogen and oxygen atoms in total. The third kappa shape index (κ3) is 6.85. The Morgan fingerprint density at radius 2 is 1.80 bits per heavy atom. The molecule has 1 unspecified atom stereocenters. The zero-order valence-electron chi connectivity index (χ0n) is 15.5. The van der Waals surface area contributed by atoms with Gasteiger partial charge in [-0.3, -0.25) is 4.98 Å². The van der Waals surface area contributed by atoms with Gasteiger partial charge in [-0.1, -0.05) is 39.2 Å². The van der Waals surface area contributed by atoms with E-state index in [0.717, 1.165) is 42.0 Å². The molecule has 0 radical (unpaired) electrons. The predicted octanol–water partition coefficient (Wildman–Crippen LogP) is 6.39. The monoisotopic (exact) mass is 343 g/mol. The van der Waals surface area contributed by atoms with Gasteiger partial charge in [-0.25, -0.2) is 4.39 Å². The Hall–Kier alpha value is -1.90. The Bertz CT molecular complexity index is 594. The molecule has 1 heterocycles. The molecule has 25 heavy (non-hydrogen) atoms. The van der Waals surface area contributed by atoms with Crippen molar-refractivity contribution < 1.29 is 9.13 Å². The molecular formula is C22H30FNO. The summed E-state index contributed by atoms with van der Waals surface area (Å²) < 4.78 is 19.1. The SMILES string of the molecule is CCCCCCOc1ccc(-c2ccc(CCC(F)CC)cn2)cc1. The van der Waals surface area contributed by atoms with Gasteiger partial charge < -0.3 is 4.74 Å². The molecule has 0 saturated carbocycles. The van der Waals surface area contributed by atoms with E-state index in [1.54, 1.807) is 0 Å². The maximum atomic E-state index is 13.3. The second-order valence-electron chi connectivity index (χ2n) is 6.53. The minimum atomic E-state index is -0.714. The number of halogens is 1. The number of rotatable bonds is 11. The molecule has 136 valence electrons. The summed E-state index contributed by atoms with van der Waals surface area (Å²) in [5.74, 6) is 0.908. The van der Waals surface area contributed by atoms with Gasteiger partial charge in [-0.15, -0.1) is 0 Å². The average Bonchev–Trinajstić information content (AvgIpc) is 2.67. The summed E-state index contributed by atoms with van der Waals surface area (Å²) in [7, 11) is 0. The van der Waals surface area contributed by atoms with Crippen LogP contribution in [-0.2, 0) is 6.42 Å². The predicted molar refractivity (Wildman–Crippen MR) is 103 cm³/mol. The summed E-state index contributed by atoms with van der Waals surface area (Å²) >= 11 is 0. The third-order valence-electron chi connectivity index (χ3n) is 4.43. The standard InChI is InChI=1S/C22H30FNO/c1-3-5-6-7-16-25-21-13-10-19(11-14-21)22-15-9-18(17-24-22)8-12-20(23)4-2/h9-11,13-15,17,20H,3-8,12,16H2,1-2H3. The lowest BCUT2D eigenvalue weighted by Crippen LogP contribution is -2.00. The number of ether oxygens (including phenoxy) is 1. The Morgan fingerprint density at radius 3 is 2.44 bits per heavy atom. The Morgan fingerprint density at radius 1 is 1.00 bits per heavy atom. The molecule has 1 atom stereocenters. The molecule has 1 aromatic heterocycles. The van der Waals surface area contributed by atoms with Crippen molar-refractivity contribution in [1.82, 2.24) is 4.98 Å². The van der Waals surface area contributed by atoms with Crippen LogP contribution in [0.1, 0.15) is 57.9 Å². The molecule has 0 amide bonds. The van der Waals surface area contributed by atoms with Crippen molar-refractivity contribution in [3.8, 4) is 17.0 Å². The molecular weight excluding hydrogens is 313 g/mol. The molecule has 1 aromatic carbocycles. The largest absolute Gasteiger partial charge is 0.494 e. The number of hydrogen-bond donors (Lipinski definition) is 0. The summed E-state index contributed by atoms with van der Waals surface area (Å²) in [6, 6.07) is 12.1. The van der Waals surface area contributed by atoms with Crippen molar-refractivity contribution in [3.05, 3.63) is 48.2 Å². The van der Waals surface area contributed by atoms with Gasteiger partial charge in [0.05, 0.1) is 12.3 Å². The van der Waals surface area contributed by atoms with Gasteiger partial charge in [0.25, 0.3) is 0 Å². The zero-order valence-corrected chi connectivity index (χ0v) is 15.5. The minimum Gasteiger partial charge on any atom is -0.494 e. The first kappa shape index (κ1) is 19.4. The fourth-order valence-electron chi connectivity index (χ4n) is 2.71. The van der Waals surface area contributed by atoms with E-state index in [9.17, 15) is 4.39 Å². The molecule has 0 fully saturated rings. The lowest BCUT2D eigenvalue weighted by Gasteiger charge is -2.08. The van der Waals surface area contributed by atoms with Crippen LogP contribution >= 0.6 is 0 Å². The van der Waals surface area contributed by atoms with Crippen LogP contribution in [0.5, 0.6) is 5.75 Å². The third-order valence-corrected chi connectivity index (χ3v) is 4.43. The van der Waals surface area contributed by atoms with E-state index in [0.29, 0.717) is 12.8 Å². The van der Waals surface area contributed by atoms with Crippen LogP contribution in [0.3, 0.4) is 0 Å². The Labute approximate surface area is 151 Å². The summed E-state index contributed by atoms with van der Waals surface area (Å²) in [6.07, 6.45) is 7.89. The first-order valence-electron chi connectivity index (χ1n) is 9.55. The van der Waals surface area contributed by atoms with Gasteiger partial charge >= 0.3 is 0 Å². The molecule has 2 rings (SSSR count). The molecule has 2 aromatic rings. The van der Waals surface area contributed by atoms with E-state index >= 15 is 0 Å². The van der Waals surface area contributed by atoms with Gasteiger partial charge in [0, 0.05) is 11.8 Å². The van der Waals surface area contributed by atoms with Crippen molar-refractivity contribution in [2.45, 2.75) is 65.0 Å². The van der Waals surface area contributed by atoms with Crippen molar-refractivity contribution >= 4 is 0 Å². The van der Waals surface area contributed by atoms with Crippen molar-refractivity contribution in [3.63, 3.8) is 0 Å². The van der Waals surface area contributed by atoms with Crippen molar-refractivity contribution in [1.29, 1.82) is 0 Å². The topological polar surface area (TPSA) is 22.1 Å². The molecule has 0 saturated heterocycles. The fourth-order valence-corrected chi connectivity index (χ4v) is 2.71. The number of hydrogen-bond acceptors (Lipinski definition) is 2. The Balaban J connectivity index is 1.84. The fraction of sp³-hybridized carbons (Fsp3) is 0.500. The van der Waals surface area contributed by atoms with Crippen molar-refractivity contribution in [2.75, 3.05) is 6.61 Å².